The van der Waals surface area contributed by atoms with Crippen molar-refractivity contribution < 1.29 is 4.79 Å². The molecule has 2 heterocycles. The highest BCUT2D eigenvalue weighted by molar-refractivity contribution is 5.90. The van der Waals surface area contributed by atoms with Crippen LogP contribution in [0.25, 0.3) is 0 Å². The van der Waals surface area contributed by atoms with Crippen LogP contribution in [0.1, 0.15) is 32.5 Å². The quantitative estimate of drug-likeness (QED) is 0.868. The number of carbonyl (C=O) groups excluding carboxylic acids is 1. The van der Waals surface area contributed by atoms with Crippen LogP contribution < -0.4 is 10.6 Å². The zero-order chi connectivity index (χ0) is 14.2. The van der Waals surface area contributed by atoms with Gasteiger partial charge in [0.25, 0.3) is 0 Å². The van der Waals surface area contributed by atoms with E-state index in [1.165, 1.54) is 0 Å². The Morgan fingerprint density at radius 1 is 1.37 bits per heavy atom. The van der Waals surface area contributed by atoms with E-state index in [0.29, 0.717) is 0 Å². The van der Waals surface area contributed by atoms with Gasteiger partial charge in [0.1, 0.15) is 5.54 Å². The van der Waals surface area contributed by atoms with Gasteiger partial charge in [-0.2, -0.15) is 0 Å². The van der Waals surface area contributed by atoms with Gasteiger partial charge in [-0.25, -0.2) is 0 Å². The second-order valence-corrected chi connectivity index (χ2v) is 5.67. The van der Waals surface area contributed by atoms with E-state index in [0.717, 1.165) is 24.5 Å². The Morgan fingerprint density at radius 3 is 2.58 bits per heavy atom. The van der Waals surface area contributed by atoms with Gasteiger partial charge in [0.2, 0.25) is 5.91 Å². The van der Waals surface area contributed by atoms with Crippen molar-refractivity contribution in [2.24, 2.45) is 5.73 Å². The monoisotopic (exact) mass is 262 g/mol. The fourth-order valence-corrected chi connectivity index (χ4v) is 2.49. The Bertz CT molecular complexity index is 467. The van der Waals surface area contributed by atoms with E-state index in [1.807, 2.05) is 40.0 Å². The van der Waals surface area contributed by atoms with Crippen LogP contribution >= 0.6 is 0 Å². The molecule has 1 atom stereocenters. The Hall–Kier alpha value is -1.62. The Morgan fingerprint density at radius 2 is 2.05 bits per heavy atom. The number of rotatable bonds is 2. The Balaban J connectivity index is 2.28. The first-order chi connectivity index (χ1) is 8.84. The molecule has 0 saturated carbocycles. The first-order valence-electron chi connectivity index (χ1n) is 6.59. The Labute approximate surface area is 114 Å². The van der Waals surface area contributed by atoms with Crippen molar-refractivity contribution in [1.29, 1.82) is 0 Å². The molecule has 0 aliphatic carbocycles. The number of nitrogens with two attached hydrogens (primary N) is 1. The minimum Gasteiger partial charge on any atom is -0.354 e. The molecule has 0 aromatic carbocycles. The van der Waals surface area contributed by atoms with E-state index in [-0.39, 0.29) is 11.9 Å². The topological polar surface area (TPSA) is 62.5 Å². The lowest BCUT2D eigenvalue weighted by atomic mass is 9.97. The molecule has 2 rings (SSSR count). The molecule has 1 aromatic rings. The molecule has 1 fully saturated rings. The maximum Gasteiger partial charge on any atom is 0.247 e. The number of anilines is 1. The predicted molar refractivity (Wildman–Crippen MR) is 75.9 cm³/mol. The van der Waals surface area contributed by atoms with Gasteiger partial charge < -0.3 is 15.5 Å². The van der Waals surface area contributed by atoms with Crippen LogP contribution in [0.2, 0.25) is 0 Å². The lowest BCUT2D eigenvalue weighted by Gasteiger charge is -2.46. The summed E-state index contributed by atoms with van der Waals surface area (Å²) in [4.78, 5) is 20.5. The van der Waals surface area contributed by atoms with Gasteiger partial charge in [-0.15, -0.1) is 0 Å². The van der Waals surface area contributed by atoms with E-state index < -0.39 is 5.54 Å². The van der Waals surface area contributed by atoms with E-state index in [2.05, 4.69) is 9.88 Å². The molecule has 19 heavy (non-hydrogen) atoms. The van der Waals surface area contributed by atoms with Crippen LogP contribution in [0.5, 0.6) is 0 Å². The normalized spacial score (nSPS) is 20.6. The number of nitrogens with zero attached hydrogens (tertiary/aromatic N) is 3. The largest absolute Gasteiger partial charge is 0.354 e. The van der Waals surface area contributed by atoms with Crippen molar-refractivity contribution in [2.75, 3.05) is 25.0 Å². The van der Waals surface area contributed by atoms with E-state index in [9.17, 15) is 4.79 Å². The van der Waals surface area contributed by atoms with Gasteiger partial charge in [0.15, 0.2) is 0 Å². The van der Waals surface area contributed by atoms with Crippen molar-refractivity contribution in [3.8, 4) is 0 Å². The maximum absolute atomic E-state index is 12.2. The highest BCUT2D eigenvalue weighted by Gasteiger charge is 2.40. The SMILES string of the molecule is C[C@@H](N)c1ccc(N2CCN(C)C(=O)C2(C)C)cn1. The molecule has 104 valence electrons. The summed E-state index contributed by atoms with van der Waals surface area (Å²) in [5, 5.41) is 0. The second kappa shape index (κ2) is 4.81. The van der Waals surface area contributed by atoms with Crippen LogP contribution in [-0.4, -0.2) is 41.5 Å². The summed E-state index contributed by atoms with van der Waals surface area (Å²) in [6.07, 6.45) is 1.80. The number of hydrogen-bond acceptors (Lipinski definition) is 4. The van der Waals surface area contributed by atoms with Gasteiger partial charge in [-0.1, -0.05) is 0 Å². The van der Waals surface area contributed by atoms with E-state index >= 15 is 0 Å². The number of likely N-dealkylation sites (N-methyl/N-ethyl adjacent to an activating group) is 1. The van der Waals surface area contributed by atoms with Crippen molar-refractivity contribution in [3.63, 3.8) is 0 Å². The number of carbonyl (C=O) groups is 1. The predicted octanol–water partition coefficient (Wildman–Crippen LogP) is 1.16. The lowest BCUT2D eigenvalue weighted by Crippen LogP contribution is -2.62. The fraction of sp³-hybridized carbons (Fsp3) is 0.571. The zero-order valence-electron chi connectivity index (χ0n) is 12.1. The van der Waals surface area contributed by atoms with Crippen LogP contribution in [-0.2, 0) is 4.79 Å². The molecule has 1 aliphatic heterocycles. The van der Waals surface area contributed by atoms with Crippen LogP contribution in [0.3, 0.4) is 0 Å². The smallest absolute Gasteiger partial charge is 0.247 e. The molecule has 1 amide bonds. The third-order valence-electron chi connectivity index (χ3n) is 3.75. The highest BCUT2D eigenvalue weighted by Crippen LogP contribution is 2.28. The Kier molecular flexibility index (Phi) is 3.49. The summed E-state index contributed by atoms with van der Waals surface area (Å²) in [7, 11) is 1.85. The average Bonchev–Trinajstić information content (AvgIpc) is 2.36. The third-order valence-corrected chi connectivity index (χ3v) is 3.75. The number of aromatic nitrogens is 1. The van der Waals surface area contributed by atoms with Gasteiger partial charge in [-0.3, -0.25) is 9.78 Å². The molecule has 5 heteroatoms. The average molecular weight is 262 g/mol. The molecule has 0 bridgehead atoms. The zero-order valence-corrected chi connectivity index (χ0v) is 12.1. The van der Waals surface area contributed by atoms with Gasteiger partial charge in [0, 0.05) is 26.2 Å². The summed E-state index contributed by atoms with van der Waals surface area (Å²) in [6.45, 7) is 7.35. The number of piperazine rings is 1. The number of amides is 1. The van der Waals surface area contributed by atoms with Gasteiger partial charge >= 0.3 is 0 Å². The number of hydrogen-bond donors (Lipinski definition) is 1. The third kappa shape index (κ3) is 2.42. The molecular formula is C14H22N4O. The highest BCUT2D eigenvalue weighted by atomic mass is 16.2. The van der Waals surface area contributed by atoms with Crippen LogP contribution in [0, 0.1) is 0 Å². The standard InChI is InChI=1S/C14H22N4O/c1-10(15)12-6-5-11(9-16-12)18-8-7-17(4)13(19)14(18,2)3/h5-6,9-10H,7-8,15H2,1-4H3/t10-/m1/s1. The molecule has 2 N–H and O–H groups in total. The number of pyridine rings is 1. The van der Waals surface area contributed by atoms with E-state index in [1.54, 1.807) is 11.1 Å². The summed E-state index contributed by atoms with van der Waals surface area (Å²) in [5.74, 6) is 0.134. The first kappa shape index (κ1) is 13.8. The molecule has 0 unspecified atom stereocenters. The van der Waals surface area contributed by atoms with E-state index in [4.69, 9.17) is 5.73 Å². The summed E-state index contributed by atoms with van der Waals surface area (Å²) in [5.41, 5.74) is 7.09. The molecule has 0 radical (unpaired) electrons. The lowest BCUT2D eigenvalue weighted by molar-refractivity contribution is -0.136. The van der Waals surface area contributed by atoms with Crippen molar-refractivity contribution in [2.45, 2.75) is 32.4 Å². The minimum atomic E-state index is -0.537. The summed E-state index contributed by atoms with van der Waals surface area (Å²) in [6, 6.07) is 3.85. The van der Waals surface area contributed by atoms with Gasteiger partial charge in [-0.05, 0) is 32.9 Å². The van der Waals surface area contributed by atoms with Crippen LogP contribution in [0.15, 0.2) is 18.3 Å². The molecule has 1 aliphatic rings. The van der Waals surface area contributed by atoms with Crippen LogP contribution in [0.4, 0.5) is 5.69 Å². The first-order valence-corrected chi connectivity index (χ1v) is 6.59. The van der Waals surface area contributed by atoms with Gasteiger partial charge in [0.05, 0.1) is 17.6 Å². The minimum absolute atomic E-state index is 0.0730. The van der Waals surface area contributed by atoms with Crippen molar-refractivity contribution >= 4 is 11.6 Å². The molecule has 5 nitrogen and oxygen atoms in total. The summed E-state index contributed by atoms with van der Waals surface area (Å²) >= 11 is 0. The second-order valence-electron chi connectivity index (χ2n) is 5.67. The molecule has 1 aromatic heterocycles. The van der Waals surface area contributed by atoms with Crippen molar-refractivity contribution in [1.82, 2.24) is 9.88 Å². The molecule has 0 spiro atoms. The van der Waals surface area contributed by atoms with Crippen molar-refractivity contribution in [3.05, 3.63) is 24.0 Å². The fourth-order valence-electron chi connectivity index (χ4n) is 2.49. The molecule has 1 saturated heterocycles. The molecular weight excluding hydrogens is 240 g/mol. The summed E-state index contributed by atoms with van der Waals surface area (Å²) < 4.78 is 0. The maximum atomic E-state index is 12.2.